The van der Waals surface area contributed by atoms with Gasteiger partial charge in [0.1, 0.15) is 0 Å². The summed E-state index contributed by atoms with van der Waals surface area (Å²) in [7, 11) is 0. The van der Waals surface area contributed by atoms with E-state index in [1.54, 1.807) is 0 Å². The Labute approximate surface area is 315 Å². The van der Waals surface area contributed by atoms with E-state index in [9.17, 15) is 0 Å². The van der Waals surface area contributed by atoms with Gasteiger partial charge in [-0.3, -0.25) is 0 Å². The molecule has 1 aromatic heterocycles. The van der Waals surface area contributed by atoms with Crippen LogP contribution in [0.3, 0.4) is 0 Å². The third-order valence-corrected chi connectivity index (χ3v) is 10.5. The molecular formula is C52H36N2. The fraction of sp³-hybridized carbons (Fsp3) is 0. The minimum atomic E-state index is 1.09. The van der Waals surface area contributed by atoms with Crippen LogP contribution >= 0.6 is 0 Å². The van der Waals surface area contributed by atoms with Gasteiger partial charge in [-0.15, -0.1) is 0 Å². The second kappa shape index (κ2) is 13.4. The van der Waals surface area contributed by atoms with Crippen molar-refractivity contribution in [3.8, 4) is 39.1 Å². The Bertz CT molecular complexity index is 2840. The molecular weight excluding hydrogens is 653 g/mol. The summed E-state index contributed by atoms with van der Waals surface area (Å²) < 4.78 is 2.42. The van der Waals surface area contributed by atoms with Gasteiger partial charge in [0.05, 0.1) is 11.0 Å². The molecule has 1 heterocycles. The molecule has 0 aliphatic rings. The monoisotopic (exact) mass is 688 g/mol. The highest BCUT2D eigenvalue weighted by Gasteiger charge is 2.20. The lowest BCUT2D eigenvalue weighted by Gasteiger charge is -2.27. The molecule has 0 saturated heterocycles. The molecule has 0 saturated carbocycles. The zero-order valence-electron chi connectivity index (χ0n) is 29.7. The number of fused-ring (bicyclic) bond motifs is 5. The van der Waals surface area contributed by atoms with Gasteiger partial charge in [-0.1, -0.05) is 158 Å². The summed E-state index contributed by atoms with van der Waals surface area (Å²) in [5, 5.41) is 5.03. The molecule has 2 heteroatoms. The fourth-order valence-corrected chi connectivity index (χ4v) is 8.09. The van der Waals surface area contributed by atoms with Gasteiger partial charge < -0.3 is 9.47 Å². The maximum Gasteiger partial charge on any atom is 0.0547 e. The second-order valence-corrected chi connectivity index (χ2v) is 13.8. The Hall–Kier alpha value is -7.16. The van der Waals surface area contributed by atoms with Crippen molar-refractivity contribution in [2.24, 2.45) is 0 Å². The molecule has 54 heavy (non-hydrogen) atoms. The van der Waals surface area contributed by atoms with E-state index in [0.29, 0.717) is 0 Å². The summed E-state index contributed by atoms with van der Waals surface area (Å²) in [5.74, 6) is 0. The molecule has 10 aromatic rings. The van der Waals surface area contributed by atoms with Gasteiger partial charge in [0, 0.05) is 33.5 Å². The summed E-state index contributed by atoms with van der Waals surface area (Å²) in [6, 6.07) is 78.9. The van der Waals surface area contributed by atoms with Gasteiger partial charge >= 0.3 is 0 Å². The minimum Gasteiger partial charge on any atom is -0.310 e. The van der Waals surface area contributed by atoms with Crippen LogP contribution in [0.5, 0.6) is 0 Å². The van der Waals surface area contributed by atoms with Crippen molar-refractivity contribution < 1.29 is 0 Å². The highest BCUT2D eigenvalue weighted by molar-refractivity contribution is 6.25. The zero-order valence-corrected chi connectivity index (χ0v) is 29.7. The fourth-order valence-electron chi connectivity index (χ4n) is 8.09. The van der Waals surface area contributed by atoms with E-state index in [1.165, 1.54) is 66.0 Å². The predicted octanol–water partition coefficient (Wildman–Crippen LogP) is 14.4. The summed E-state index contributed by atoms with van der Waals surface area (Å²) in [6.45, 7) is 0. The SMILES string of the molecule is c1ccc(-c2cccc(N(c3cccc(-c4ccccc4)c3)c3cccc(-c4cccc5c4c4c6ccccc6ccc4n5-c4ccccc4)c3)c2)cc1. The average Bonchev–Trinajstić information content (AvgIpc) is 3.60. The molecule has 254 valence electrons. The molecule has 0 spiro atoms. The van der Waals surface area contributed by atoms with Crippen LogP contribution in [0.4, 0.5) is 17.1 Å². The van der Waals surface area contributed by atoms with Crippen molar-refractivity contribution in [2.75, 3.05) is 4.90 Å². The lowest BCUT2D eigenvalue weighted by molar-refractivity contribution is 1.18. The van der Waals surface area contributed by atoms with Crippen molar-refractivity contribution in [3.63, 3.8) is 0 Å². The quantitative estimate of drug-likeness (QED) is 0.162. The van der Waals surface area contributed by atoms with E-state index < -0.39 is 0 Å². The van der Waals surface area contributed by atoms with Crippen molar-refractivity contribution >= 4 is 49.6 Å². The standard InChI is InChI=1S/C52H36N2/c1-4-16-37(17-5-1)40-21-12-26-44(34-40)53(45-27-13-22-41(35-45)38-18-6-2-7-19-38)46-28-14-23-42(36-46)48-30-15-31-49-52(48)51-47-29-11-10-20-39(47)32-33-50(51)54(49)43-24-8-3-9-25-43/h1-36H. The zero-order chi connectivity index (χ0) is 35.8. The Morgan fingerprint density at radius 1 is 0.315 bits per heavy atom. The number of para-hydroxylation sites is 1. The predicted molar refractivity (Wildman–Crippen MR) is 229 cm³/mol. The van der Waals surface area contributed by atoms with Crippen LogP contribution in [0.2, 0.25) is 0 Å². The first-order valence-corrected chi connectivity index (χ1v) is 18.5. The van der Waals surface area contributed by atoms with Crippen LogP contribution in [-0.2, 0) is 0 Å². The molecule has 0 unspecified atom stereocenters. The number of rotatable bonds is 7. The molecule has 2 nitrogen and oxygen atoms in total. The van der Waals surface area contributed by atoms with Crippen molar-refractivity contribution in [1.82, 2.24) is 4.57 Å². The average molecular weight is 689 g/mol. The van der Waals surface area contributed by atoms with Gasteiger partial charge in [0.2, 0.25) is 0 Å². The van der Waals surface area contributed by atoms with E-state index in [2.05, 4.69) is 228 Å². The van der Waals surface area contributed by atoms with Crippen LogP contribution in [0.25, 0.3) is 71.6 Å². The molecule has 0 amide bonds. The Morgan fingerprint density at radius 3 is 1.43 bits per heavy atom. The third kappa shape index (κ3) is 5.53. The van der Waals surface area contributed by atoms with Gasteiger partial charge in [0.15, 0.2) is 0 Å². The Kier molecular flexibility index (Phi) is 7.85. The van der Waals surface area contributed by atoms with Crippen LogP contribution < -0.4 is 4.90 Å². The van der Waals surface area contributed by atoms with Crippen molar-refractivity contribution in [1.29, 1.82) is 0 Å². The number of nitrogens with zero attached hydrogens (tertiary/aromatic N) is 2. The highest BCUT2D eigenvalue weighted by atomic mass is 15.1. The minimum absolute atomic E-state index is 1.09. The Balaban J connectivity index is 1.20. The van der Waals surface area contributed by atoms with Gasteiger partial charge in [-0.2, -0.15) is 0 Å². The molecule has 10 rings (SSSR count). The number of hydrogen-bond acceptors (Lipinski definition) is 1. The molecule has 0 radical (unpaired) electrons. The first kappa shape index (κ1) is 31.6. The summed E-state index contributed by atoms with van der Waals surface area (Å²) in [4.78, 5) is 2.39. The maximum atomic E-state index is 2.42. The lowest BCUT2D eigenvalue weighted by Crippen LogP contribution is -2.10. The Morgan fingerprint density at radius 2 is 0.796 bits per heavy atom. The van der Waals surface area contributed by atoms with Gasteiger partial charge in [-0.25, -0.2) is 0 Å². The van der Waals surface area contributed by atoms with E-state index >= 15 is 0 Å². The third-order valence-electron chi connectivity index (χ3n) is 10.5. The first-order chi connectivity index (χ1) is 26.8. The molecule has 0 atom stereocenters. The molecule has 0 fully saturated rings. The van der Waals surface area contributed by atoms with Crippen molar-refractivity contribution in [2.45, 2.75) is 0 Å². The molecule has 0 bridgehead atoms. The number of aromatic nitrogens is 1. The highest BCUT2D eigenvalue weighted by Crippen LogP contribution is 2.44. The maximum absolute atomic E-state index is 2.42. The van der Waals surface area contributed by atoms with Crippen LogP contribution in [0, 0.1) is 0 Å². The first-order valence-electron chi connectivity index (χ1n) is 18.5. The van der Waals surface area contributed by atoms with E-state index in [0.717, 1.165) is 22.7 Å². The molecule has 0 aliphatic carbocycles. The number of benzene rings is 9. The topological polar surface area (TPSA) is 8.17 Å². The normalized spacial score (nSPS) is 11.3. The smallest absolute Gasteiger partial charge is 0.0547 e. The largest absolute Gasteiger partial charge is 0.310 e. The number of anilines is 3. The van der Waals surface area contributed by atoms with Crippen LogP contribution in [0.15, 0.2) is 218 Å². The van der Waals surface area contributed by atoms with E-state index in [-0.39, 0.29) is 0 Å². The van der Waals surface area contributed by atoms with E-state index in [1.807, 2.05) is 0 Å². The lowest BCUT2D eigenvalue weighted by atomic mass is 9.96. The molecule has 0 aliphatic heterocycles. The molecule has 0 N–H and O–H groups in total. The van der Waals surface area contributed by atoms with Crippen molar-refractivity contribution in [3.05, 3.63) is 218 Å². The van der Waals surface area contributed by atoms with Crippen LogP contribution in [-0.4, -0.2) is 4.57 Å². The van der Waals surface area contributed by atoms with E-state index in [4.69, 9.17) is 0 Å². The number of hydrogen-bond donors (Lipinski definition) is 0. The van der Waals surface area contributed by atoms with Gasteiger partial charge in [-0.05, 0) is 105 Å². The summed E-state index contributed by atoms with van der Waals surface area (Å²) in [5.41, 5.74) is 14.0. The molecule has 9 aromatic carbocycles. The summed E-state index contributed by atoms with van der Waals surface area (Å²) in [6.07, 6.45) is 0. The summed E-state index contributed by atoms with van der Waals surface area (Å²) >= 11 is 0. The van der Waals surface area contributed by atoms with Gasteiger partial charge in [0.25, 0.3) is 0 Å². The second-order valence-electron chi connectivity index (χ2n) is 13.8. The van der Waals surface area contributed by atoms with Crippen LogP contribution in [0.1, 0.15) is 0 Å².